The molecule has 48 heavy (non-hydrogen) atoms. The van der Waals surface area contributed by atoms with Crippen LogP contribution in [-0.4, -0.2) is 70.5 Å². The summed E-state index contributed by atoms with van der Waals surface area (Å²) in [6.45, 7) is 17.4. The van der Waals surface area contributed by atoms with Crippen molar-refractivity contribution in [3.8, 4) is 0 Å². The van der Waals surface area contributed by atoms with Crippen molar-refractivity contribution in [2.24, 2.45) is 51.2 Å². The second-order valence-corrected chi connectivity index (χ2v) is 16.9. The predicted octanol–water partition coefficient (Wildman–Crippen LogP) is 5.37. The molecule has 0 radical (unpaired) electrons. The number of hydrogen-bond acceptors (Lipinski definition) is 8. The predicted molar refractivity (Wildman–Crippen MR) is 182 cm³/mol. The van der Waals surface area contributed by atoms with Crippen LogP contribution in [0.2, 0.25) is 0 Å². The number of rotatable bonds is 8. The smallest absolute Gasteiger partial charge is 0.338 e. The van der Waals surface area contributed by atoms with Crippen LogP contribution in [0.4, 0.5) is 0 Å². The molecule has 6 aliphatic rings. The van der Waals surface area contributed by atoms with Gasteiger partial charge in [0.25, 0.3) is 0 Å². The molecule has 2 aliphatic heterocycles. The third kappa shape index (κ3) is 5.41. The minimum absolute atomic E-state index is 0.00875. The van der Waals surface area contributed by atoms with Gasteiger partial charge < -0.3 is 29.9 Å². The number of ether oxygens (including phenoxy) is 2. The van der Waals surface area contributed by atoms with Crippen LogP contribution in [0.1, 0.15) is 85.5 Å². The quantitative estimate of drug-likeness (QED) is 0.201. The molecule has 4 fully saturated rings. The van der Waals surface area contributed by atoms with Gasteiger partial charge in [-0.1, -0.05) is 64.2 Å². The van der Waals surface area contributed by atoms with E-state index >= 15 is 0 Å². The lowest BCUT2D eigenvalue weighted by Crippen LogP contribution is -2.57. The molecular weight excluding hydrogens is 608 g/mol. The van der Waals surface area contributed by atoms with Crippen molar-refractivity contribution in [2.45, 2.75) is 104 Å². The zero-order valence-corrected chi connectivity index (χ0v) is 29.2. The lowest BCUT2D eigenvalue weighted by molar-refractivity contribution is -0.156. The Balaban J connectivity index is 1.30. The van der Waals surface area contributed by atoms with E-state index in [0.717, 1.165) is 49.7 Å². The molecule has 4 aliphatic carbocycles. The average molecular weight is 665 g/mol. The molecule has 0 saturated heterocycles. The van der Waals surface area contributed by atoms with Crippen LogP contribution in [0.15, 0.2) is 59.8 Å². The third-order valence-corrected chi connectivity index (χ3v) is 14.6. The molecule has 0 aromatic rings. The summed E-state index contributed by atoms with van der Waals surface area (Å²) in [4.78, 5) is 26.5. The second-order valence-electron chi connectivity index (χ2n) is 16.9. The zero-order chi connectivity index (χ0) is 34.8. The van der Waals surface area contributed by atoms with Gasteiger partial charge in [-0.3, -0.25) is 0 Å². The van der Waals surface area contributed by atoms with E-state index in [9.17, 15) is 30.0 Å². The summed E-state index contributed by atoms with van der Waals surface area (Å²) in [7, 11) is 0. The monoisotopic (exact) mass is 664 g/mol. The normalized spacial score (nSPS) is 45.3. The summed E-state index contributed by atoms with van der Waals surface area (Å²) in [5.41, 5.74) is 1.44. The van der Waals surface area contributed by atoms with Gasteiger partial charge >= 0.3 is 11.9 Å². The van der Waals surface area contributed by atoms with Gasteiger partial charge in [-0.15, -0.1) is 0 Å². The van der Waals surface area contributed by atoms with Crippen LogP contribution in [0, 0.1) is 51.2 Å². The highest BCUT2D eigenvalue weighted by atomic mass is 16.6. The fourth-order valence-electron chi connectivity index (χ4n) is 11.5. The number of allylic oxidation sites excluding steroid dienone is 3. The lowest BCUT2D eigenvalue weighted by atomic mass is 9.45. The van der Waals surface area contributed by atoms with Gasteiger partial charge in [-0.05, 0) is 98.5 Å². The SMILES string of the molecule is C=C1CCC2C(C)(CO)C(O)CCC2(C)C1/C=C/C1=CC(C(CC2C(=C)CCC3C(C)(CO)C(O)CCC23C)C2=CCOC2=O)OC1=O. The fourth-order valence-corrected chi connectivity index (χ4v) is 11.5. The number of fused-ring (bicyclic) bond motifs is 2. The maximum absolute atomic E-state index is 13.5. The Kier molecular flexibility index (Phi) is 9.32. The van der Waals surface area contributed by atoms with Crippen LogP contribution in [-0.2, 0) is 19.1 Å². The largest absolute Gasteiger partial charge is 0.458 e. The summed E-state index contributed by atoms with van der Waals surface area (Å²) in [5, 5.41) is 42.7. The van der Waals surface area contributed by atoms with E-state index in [1.165, 1.54) is 0 Å². The Morgan fingerprint density at radius 3 is 2.04 bits per heavy atom. The molecule has 8 nitrogen and oxygen atoms in total. The first-order chi connectivity index (χ1) is 22.6. The Hall–Kier alpha value is -2.52. The van der Waals surface area contributed by atoms with Gasteiger partial charge in [0, 0.05) is 28.2 Å². The van der Waals surface area contributed by atoms with E-state index in [2.05, 4.69) is 33.1 Å². The molecular formula is C40H56O8. The average Bonchev–Trinajstić information content (AvgIpc) is 3.65. The molecule has 4 saturated carbocycles. The van der Waals surface area contributed by atoms with Crippen LogP contribution in [0.3, 0.4) is 0 Å². The molecule has 0 amide bonds. The first kappa shape index (κ1) is 35.3. The molecule has 0 spiro atoms. The fraction of sp³-hybridized carbons (Fsp3) is 0.700. The molecule has 2 heterocycles. The second kappa shape index (κ2) is 12.7. The van der Waals surface area contributed by atoms with E-state index in [4.69, 9.17) is 9.47 Å². The Morgan fingerprint density at radius 1 is 0.875 bits per heavy atom. The number of cyclic esters (lactones) is 2. The van der Waals surface area contributed by atoms with Crippen molar-refractivity contribution in [3.05, 3.63) is 59.8 Å². The molecule has 8 heteroatoms. The molecule has 0 aromatic heterocycles. The number of carbonyl (C=O) groups excluding carboxylic acids is 2. The van der Waals surface area contributed by atoms with Crippen molar-refractivity contribution in [1.29, 1.82) is 0 Å². The summed E-state index contributed by atoms with van der Waals surface area (Å²) < 4.78 is 11.4. The van der Waals surface area contributed by atoms with Gasteiger partial charge in [-0.2, -0.15) is 0 Å². The van der Waals surface area contributed by atoms with E-state index in [1.807, 2.05) is 26.0 Å². The van der Waals surface area contributed by atoms with Gasteiger partial charge in [0.2, 0.25) is 0 Å². The van der Waals surface area contributed by atoms with Crippen molar-refractivity contribution in [1.82, 2.24) is 0 Å². The number of aliphatic hydroxyl groups excluding tert-OH is 4. The first-order valence-corrected chi connectivity index (χ1v) is 18.1. The Morgan fingerprint density at radius 2 is 1.46 bits per heavy atom. The zero-order valence-electron chi connectivity index (χ0n) is 29.2. The van der Waals surface area contributed by atoms with Gasteiger partial charge in [0.15, 0.2) is 0 Å². The van der Waals surface area contributed by atoms with Crippen LogP contribution >= 0.6 is 0 Å². The standard InChI is InChI=1S/C40H56O8/c1-23-7-11-31-37(3,16-13-33(43)39(31,5)21-41)28(23)10-9-25-19-30(48-35(25)45)27(26-15-18-47-36(26)46)20-29-24(2)8-12-32-38(29,4)17-14-34(44)40(32,6)22-42/h9-10,15,19,27-34,41-44H,1-2,7-8,11-14,16-18,20-22H2,3-6H3/b10-9+. The molecule has 0 aromatic carbocycles. The van der Waals surface area contributed by atoms with Gasteiger partial charge in [0.1, 0.15) is 12.7 Å². The molecule has 0 bridgehead atoms. The van der Waals surface area contributed by atoms with E-state index in [0.29, 0.717) is 30.4 Å². The summed E-state index contributed by atoms with van der Waals surface area (Å²) in [5.74, 6) is -1.13. The van der Waals surface area contributed by atoms with Gasteiger partial charge in [0.05, 0.1) is 31.0 Å². The van der Waals surface area contributed by atoms with E-state index < -0.39 is 41.0 Å². The molecule has 264 valence electrons. The maximum Gasteiger partial charge on any atom is 0.338 e. The van der Waals surface area contributed by atoms with E-state index in [-0.39, 0.29) is 60.3 Å². The van der Waals surface area contributed by atoms with Crippen LogP contribution in [0.5, 0.6) is 0 Å². The third-order valence-electron chi connectivity index (χ3n) is 14.6. The lowest BCUT2D eigenvalue weighted by Gasteiger charge is -2.60. The molecule has 12 atom stereocenters. The number of hydrogen-bond donors (Lipinski definition) is 4. The summed E-state index contributed by atoms with van der Waals surface area (Å²) in [6.07, 6.45) is 12.3. The number of aliphatic hydroxyl groups is 4. The molecule has 12 unspecified atom stereocenters. The van der Waals surface area contributed by atoms with Crippen LogP contribution < -0.4 is 0 Å². The molecule has 4 N–H and O–H groups in total. The molecule has 6 rings (SSSR count). The van der Waals surface area contributed by atoms with E-state index in [1.54, 1.807) is 6.08 Å². The maximum atomic E-state index is 13.5. The van der Waals surface area contributed by atoms with Crippen molar-refractivity contribution in [2.75, 3.05) is 19.8 Å². The highest BCUT2D eigenvalue weighted by Crippen LogP contribution is 2.63. The Bertz CT molecular complexity index is 1440. The van der Waals surface area contributed by atoms with Crippen molar-refractivity contribution in [3.63, 3.8) is 0 Å². The summed E-state index contributed by atoms with van der Waals surface area (Å²) >= 11 is 0. The number of carbonyl (C=O) groups is 2. The van der Waals surface area contributed by atoms with Crippen molar-refractivity contribution < 1.29 is 39.5 Å². The minimum Gasteiger partial charge on any atom is -0.458 e. The first-order valence-electron chi connectivity index (χ1n) is 18.1. The van der Waals surface area contributed by atoms with Crippen LogP contribution in [0.25, 0.3) is 0 Å². The Labute approximate surface area is 285 Å². The number of esters is 2. The minimum atomic E-state index is -0.662. The van der Waals surface area contributed by atoms with Crippen molar-refractivity contribution >= 4 is 11.9 Å². The summed E-state index contributed by atoms with van der Waals surface area (Å²) in [6, 6.07) is 0. The topological polar surface area (TPSA) is 134 Å². The highest BCUT2D eigenvalue weighted by molar-refractivity contribution is 5.95. The highest BCUT2D eigenvalue weighted by Gasteiger charge is 2.59. The van der Waals surface area contributed by atoms with Gasteiger partial charge in [-0.25, -0.2) is 9.59 Å².